The van der Waals surface area contributed by atoms with E-state index >= 15 is 0 Å². The molecule has 0 atom stereocenters. The molecule has 11 heteroatoms. The third-order valence-electron chi connectivity index (χ3n) is 4.90. The Kier molecular flexibility index (Phi) is 10.0. The van der Waals surface area contributed by atoms with Gasteiger partial charge in [-0.3, -0.25) is 0 Å². The van der Waals surface area contributed by atoms with E-state index < -0.39 is 10.0 Å². The number of anilines is 1. The average molecular weight is 576 g/mol. The molecule has 3 rings (SSSR count). The summed E-state index contributed by atoms with van der Waals surface area (Å²) in [6.07, 6.45) is 0. The summed E-state index contributed by atoms with van der Waals surface area (Å²) >= 11 is 0. The molecule has 1 fully saturated rings. The Bertz CT molecular complexity index is 1030. The summed E-state index contributed by atoms with van der Waals surface area (Å²) in [5.41, 5.74) is 8.24. The number of hydrogen-bond donors (Lipinski definition) is 2. The van der Waals surface area contributed by atoms with Crippen LogP contribution in [0.5, 0.6) is 11.5 Å². The predicted octanol–water partition coefficient (Wildman–Crippen LogP) is 2.41. The van der Waals surface area contributed by atoms with Crippen molar-refractivity contribution >= 4 is 45.6 Å². The number of guanidine groups is 1. The number of nitrogens with one attached hydrogen (secondary N) is 1. The molecular weight excluding hydrogens is 547 g/mol. The van der Waals surface area contributed by atoms with E-state index in [1.807, 2.05) is 18.2 Å². The molecule has 0 aromatic heterocycles. The van der Waals surface area contributed by atoms with Gasteiger partial charge < -0.3 is 25.3 Å². The number of nitrogens with two attached hydrogens (primary N) is 1. The summed E-state index contributed by atoms with van der Waals surface area (Å²) in [6, 6.07) is 12.7. The van der Waals surface area contributed by atoms with E-state index in [4.69, 9.17) is 19.9 Å². The van der Waals surface area contributed by atoms with Crippen LogP contribution in [0, 0.1) is 0 Å². The molecular formula is C21H29IN4O5S. The quantitative estimate of drug-likeness (QED) is 0.282. The van der Waals surface area contributed by atoms with Crippen LogP contribution in [0.3, 0.4) is 0 Å². The van der Waals surface area contributed by atoms with Crippen molar-refractivity contribution in [2.24, 2.45) is 10.7 Å². The second kappa shape index (κ2) is 12.2. The van der Waals surface area contributed by atoms with Gasteiger partial charge in [-0.2, -0.15) is 4.31 Å². The van der Waals surface area contributed by atoms with Crippen LogP contribution in [0.1, 0.15) is 11.1 Å². The lowest BCUT2D eigenvalue weighted by molar-refractivity contribution is 0.0729. The fourth-order valence-corrected chi connectivity index (χ4v) is 4.80. The Morgan fingerprint density at radius 3 is 2.41 bits per heavy atom. The Morgan fingerprint density at radius 1 is 1.09 bits per heavy atom. The van der Waals surface area contributed by atoms with Crippen molar-refractivity contribution < 1.29 is 22.6 Å². The van der Waals surface area contributed by atoms with Crippen LogP contribution in [-0.2, 0) is 27.1 Å². The van der Waals surface area contributed by atoms with Crippen molar-refractivity contribution in [2.75, 3.05) is 45.8 Å². The highest BCUT2D eigenvalue weighted by molar-refractivity contribution is 14.0. The molecule has 1 aliphatic rings. The molecule has 176 valence electrons. The highest BCUT2D eigenvalue weighted by Crippen LogP contribution is 2.29. The standard InChI is InChI=1S/C21H28N4O5S.HI/c1-28-19-8-7-18(13-20(19)29-2)24-21(22)23-14-16-5-3-4-6-17(16)15-31(26,27)25-9-11-30-12-10-25;/h3-8,13H,9-12,14-15H2,1-2H3,(H3,22,23,24);1H. The van der Waals surface area contributed by atoms with E-state index in [2.05, 4.69) is 10.3 Å². The Balaban J connectivity index is 0.00000363. The molecule has 0 aliphatic carbocycles. The van der Waals surface area contributed by atoms with Crippen molar-refractivity contribution in [1.82, 2.24) is 4.31 Å². The number of aliphatic imine (C=N–C) groups is 1. The summed E-state index contributed by atoms with van der Waals surface area (Å²) < 4.78 is 42.8. The summed E-state index contributed by atoms with van der Waals surface area (Å²) in [5, 5.41) is 3.01. The maximum absolute atomic E-state index is 12.8. The summed E-state index contributed by atoms with van der Waals surface area (Å²) in [6.45, 7) is 1.85. The minimum Gasteiger partial charge on any atom is -0.493 e. The number of hydrogen-bond acceptors (Lipinski definition) is 6. The smallest absolute Gasteiger partial charge is 0.218 e. The zero-order valence-corrected chi connectivity index (χ0v) is 21.3. The molecule has 0 amide bonds. The van der Waals surface area contributed by atoms with Crippen LogP contribution in [0.2, 0.25) is 0 Å². The van der Waals surface area contributed by atoms with Crippen LogP contribution < -0.4 is 20.5 Å². The topological polar surface area (TPSA) is 115 Å². The molecule has 0 spiro atoms. The SMILES string of the molecule is COc1ccc(NC(N)=NCc2ccccc2CS(=O)(=O)N2CCOCC2)cc1OC.I. The molecule has 9 nitrogen and oxygen atoms in total. The Morgan fingerprint density at radius 2 is 1.75 bits per heavy atom. The molecule has 0 saturated carbocycles. The molecule has 2 aromatic rings. The number of nitrogens with zero attached hydrogens (tertiary/aromatic N) is 2. The molecule has 1 saturated heterocycles. The third kappa shape index (κ3) is 6.95. The fraction of sp³-hybridized carbons (Fsp3) is 0.381. The van der Waals surface area contributed by atoms with Crippen molar-refractivity contribution in [2.45, 2.75) is 12.3 Å². The van der Waals surface area contributed by atoms with E-state index in [0.29, 0.717) is 49.1 Å². The lowest BCUT2D eigenvalue weighted by Gasteiger charge is -2.26. The van der Waals surface area contributed by atoms with Crippen LogP contribution in [0.15, 0.2) is 47.5 Å². The highest BCUT2D eigenvalue weighted by atomic mass is 127. The average Bonchev–Trinajstić information content (AvgIpc) is 2.78. The van der Waals surface area contributed by atoms with Gasteiger partial charge in [0.15, 0.2) is 17.5 Å². The Labute approximate surface area is 206 Å². The zero-order valence-electron chi connectivity index (χ0n) is 18.1. The van der Waals surface area contributed by atoms with E-state index in [0.717, 1.165) is 5.56 Å². The van der Waals surface area contributed by atoms with E-state index in [1.165, 1.54) is 4.31 Å². The number of rotatable bonds is 8. The van der Waals surface area contributed by atoms with E-state index in [9.17, 15) is 8.42 Å². The van der Waals surface area contributed by atoms with Gasteiger partial charge in [-0.15, -0.1) is 24.0 Å². The van der Waals surface area contributed by atoms with Crippen molar-refractivity contribution in [3.05, 3.63) is 53.6 Å². The molecule has 32 heavy (non-hydrogen) atoms. The first-order chi connectivity index (χ1) is 14.9. The van der Waals surface area contributed by atoms with Gasteiger partial charge in [-0.05, 0) is 23.3 Å². The maximum atomic E-state index is 12.8. The summed E-state index contributed by atoms with van der Waals surface area (Å²) in [7, 11) is -0.305. The molecule has 0 unspecified atom stereocenters. The second-order valence-electron chi connectivity index (χ2n) is 6.93. The number of sulfonamides is 1. The molecule has 0 bridgehead atoms. The number of morpholine rings is 1. The monoisotopic (exact) mass is 576 g/mol. The number of halogens is 1. The lowest BCUT2D eigenvalue weighted by Crippen LogP contribution is -2.41. The van der Waals surface area contributed by atoms with Crippen LogP contribution in [0.25, 0.3) is 0 Å². The zero-order chi connectivity index (χ0) is 22.3. The van der Waals surface area contributed by atoms with Gasteiger partial charge in [0.1, 0.15) is 0 Å². The maximum Gasteiger partial charge on any atom is 0.218 e. The fourth-order valence-electron chi connectivity index (χ4n) is 3.24. The van der Waals surface area contributed by atoms with Gasteiger partial charge in [0.05, 0.1) is 39.7 Å². The predicted molar refractivity (Wildman–Crippen MR) is 135 cm³/mol. The molecule has 3 N–H and O–H groups in total. The minimum atomic E-state index is -3.43. The number of methoxy groups -OCH3 is 2. The van der Waals surface area contributed by atoms with Crippen molar-refractivity contribution in [3.63, 3.8) is 0 Å². The normalized spacial score (nSPS) is 15.0. The molecule has 2 aromatic carbocycles. The highest BCUT2D eigenvalue weighted by Gasteiger charge is 2.25. The summed E-state index contributed by atoms with van der Waals surface area (Å²) in [4.78, 5) is 4.37. The van der Waals surface area contributed by atoms with Gasteiger partial charge in [0, 0.05) is 24.8 Å². The van der Waals surface area contributed by atoms with Gasteiger partial charge in [-0.25, -0.2) is 13.4 Å². The van der Waals surface area contributed by atoms with Crippen LogP contribution >= 0.6 is 24.0 Å². The number of ether oxygens (including phenoxy) is 3. The van der Waals surface area contributed by atoms with Crippen LogP contribution in [-0.4, -0.2) is 59.2 Å². The van der Waals surface area contributed by atoms with Gasteiger partial charge in [0.25, 0.3) is 0 Å². The first-order valence-electron chi connectivity index (χ1n) is 9.84. The van der Waals surface area contributed by atoms with Gasteiger partial charge >= 0.3 is 0 Å². The van der Waals surface area contributed by atoms with Crippen molar-refractivity contribution in [1.29, 1.82) is 0 Å². The molecule has 0 radical (unpaired) electrons. The number of benzene rings is 2. The first-order valence-corrected chi connectivity index (χ1v) is 11.4. The molecule has 1 heterocycles. The summed E-state index contributed by atoms with van der Waals surface area (Å²) in [5.74, 6) is 1.30. The van der Waals surface area contributed by atoms with E-state index in [-0.39, 0.29) is 42.2 Å². The molecule has 1 aliphatic heterocycles. The third-order valence-corrected chi connectivity index (χ3v) is 6.72. The minimum absolute atomic E-state index is 0. The van der Waals surface area contributed by atoms with Gasteiger partial charge in [-0.1, -0.05) is 24.3 Å². The second-order valence-corrected chi connectivity index (χ2v) is 8.90. The Hall–Kier alpha value is -2.09. The first kappa shape index (κ1) is 26.2. The van der Waals surface area contributed by atoms with Gasteiger partial charge in [0.2, 0.25) is 10.0 Å². The van der Waals surface area contributed by atoms with E-state index in [1.54, 1.807) is 38.5 Å². The lowest BCUT2D eigenvalue weighted by atomic mass is 10.1. The van der Waals surface area contributed by atoms with Crippen molar-refractivity contribution in [3.8, 4) is 11.5 Å². The van der Waals surface area contributed by atoms with Crippen LogP contribution in [0.4, 0.5) is 5.69 Å². The largest absolute Gasteiger partial charge is 0.493 e.